The molecule has 1 aliphatic rings. The maximum absolute atomic E-state index is 13.5. The van der Waals surface area contributed by atoms with Gasteiger partial charge in [-0.3, -0.25) is 24.9 Å². The van der Waals surface area contributed by atoms with Crippen molar-refractivity contribution < 1.29 is 34.2 Å². The Balaban J connectivity index is 0.00000567. The molecule has 7 N–H and O–H groups in total. The predicted molar refractivity (Wildman–Crippen MR) is 224 cm³/mol. The number of anilines is 2. The second-order valence-electron chi connectivity index (χ2n) is 13.9. The lowest BCUT2D eigenvalue weighted by Gasteiger charge is -2.31. The van der Waals surface area contributed by atoms with Crippen molar-refractivity contribution in [2.24, 2.45) is 5.92 Å². The van der Waals surface area contributed by atoms with E-state index in [-0.39, 0.29) is 33.6 Å². The van der Waals surface area contributed by atoms with Gasteiger partial charge in [-0.25, -0.2) is 28.3 Å². The van der Waals surface area contributed by atoms with Gasteiger partial charge in [0.1, 0.15) is 22.1 Å². The molecule has 0 unspecified atom stereocenters. The van der Waals surface area contributed by atoms with E-state index in [1.54, 1.807) is 48.4 Å². The number of sulfonamides is 1. The third kappa shape index (κ3) is 10.2. The number of amides is 2. The number of fused-ring (bicyclic) bond motifs is 2. The summed E-state index contributed by atoms with van der Waals surface area (Å²) in [6.07, 6.45) is 6.61. The molecular formula is C40H44N9O6S3+. The van der Waals surface area contributed by atoms with E-state index >= 15 is 0 Å². The number of carbonyl (C=O) groups is 2. The zero-order chi connectivity index (χ0) is 39.9. The first-order valence-corrected chi connectivity index (χ1v) is 21.6. The molecule has 18 heteroatoms. The van der Waals surface area contributed by atoms with Gasteiger partial charge >= 0.3 is 0 Å². The van der Waals surface area contributed by atoms with Crippen LogP contribution in [-0.2, 0) is 29.4 Å². The minimum Gasteiger partial charge on any atom is -0.412 e. The summed E-state index contributed by atoms with van der Waals surface area (Å²) in [7, 11) is -0.358. The standard InChI is InChI=1S/C40H41N9O5S3.H2O/c1-48(2)18-15-26(25-55-28-9-4-3-5-10-28)20-34-35(46-52)21-29(22-42-34)57(53,54)47-39(51)33-12-7-13-37(43-33)49-19-16-27-8-6-11-30(31(27)24-49)38(50)45-40-44-32-14-17-41-23-36(32)56-40;/h3-14,17,21-23,26,46,52H,15-16,18-20,24-25H2,1-2H3,(H,47,51)(H,44,45,50);1H2/p+1/t26-;/m0./s1. The normalized spacial score (nSPS) is 13.1. The van der Waals surface area contributed by atoms with Gasteiger partial charge in [0.05, 0.1) is 10.2 Å². The highest BCUT2D eigenvalue weighted by Crippen LogP contribution is 2.30. The average molecular weight is 843 g/mol. The topological polar surface area (TPSA) is 219 Å². The maximum Gasteiger partial charge on any atom is 0.283 e. The summed E-state index contributed by atoms with van der Waals surface area (Å²) in [6, 6.07) is 23.6. The summed E-state index contributed by atoms with van der Waals surface area (Å²) in [6.45, 7) is 1.77. The first-order valence-electron chi connectivity index (χ1n) is 18.3. The van der Waals surface area contributed by atoms with Crippen molar-refractivity contribution in [2.75, 3.05) is 43.2 Å². The third-order valence-electron chi connectivity index (χ3n) is 9.57. The molecule has 7 rings (SSSR count). The summed E-state index contributed by atoms with van der Waals surface area (Å²) >= 11 is 3.09. The second kappa shape index (κ2) is 18.9. The van der Waals surface area contributed by atoms with Crippen LogP contribution in [0.3, 0.4) is 0 Å². The highest BCUT2D eigenvalue weighted by Gasteiger charge is 2.27. The number of hydrogen-bond acceptors (Lipinski definition) is 13. The van der Waals surface area contributed by atoms with E-state index in [2.05, 4.69) is 47.0 Å². The van der Waals surface area contributed by atoms with Crippen LogP contribution < -0.4 is 20.4 Å². The minimum absolute atomic E-state index is 0. The summed E-state index contributed by atoms with van der Waals surface area (Å²) < 4.78 is 30.0. The lowest BCUT2D eigenvalue weighted by atomic mass is 9.94. The van der Waals surface area contributed by atoms with Crippen LogP contribution >= 0.6 is 23.1 Å². The molecule has 1 aliphatic heterocycles. The van der Waals surface area contributed by atoms with Crippen molar-refractivity contribution in [3.63, 3.8) is 0 Å². The maximum atomic E-state index is 13.5. The van der Waals surface area contributed by atoms with Crippen molar-refractivity contribution in [1.29, 1.82) is 0 Å². The number of rotatable bonds is 15. The Morgan fingerprint density at radius 1 is 1.02 bits per heavy atom. The van der Waals surface area contributed by atoms with Crippen LogP contribution in [0.1, 0.15) is 44.1 Å². The van der Waals surface area contributed by atoms with Crippen molar-refractivity contribution in [3.8, 4) is 0 Å². The van der Waals surface area contributed by atoms with E-state index in [9.17, 15) is 23.2 Å². The Kier molecular flexibility index (Phi) is 13.8. The van der Waals surface area contributed by atoms with Crippen LogP contribution in [0.15, 0.2) is 107 Å². The summed E-state index contributed by atoms with van der Waals surface area (Å²) in [4.78, 5) is 49.5. The number of thioether (sulfide) groups is 1. The van der Waals surface area contributed by atoms with Gasteiger partial charge in [-0.2, -0.15) is 5.48 Å². The molecule has 0 saturated heterocycles. The molecule has 0 aliphatic carbocycles. The van der Waals surface area contributed by atoms with Crippen molar-refractivity contribution in [3.05, 3.63) is 126 Å². The molecule has 58 heavy (non-hydrogen) atoms. The van der Waals surface area contributed by atoms with Crippen LogP contribution in [0.25, 0.3) is 10.2 Å². The van der Waals surface area contributed by atoms with Gasteiger partial charge in [-0.15, -0.1) is 11.8 Å². The highest BCUT2D eigenvalue weighted by molar-refractivity contribution is 7.99. The van der Waals surface area contributed by atoms with Gasteiger partial charge in [0.15, 0.2) is 10.8 Å². The van der Waals surface area contributed by atoms with Crippen molar-refractivity contribution in [2.45, 2.75) is 35.6 Å². The molecule has 0 bridgehead atoms. The van der Waals surface area contributed by atoms with E-state index in [4.69, 9.17) is 0 Å². The molecule has 15 nitrogen and oxygen atoms in total. The molecule has 0 spiro atoms. The van der Waals surface area contributed by atoms with Gasteiger partial charge in [0.25, 0.3) is 21.8 Å². The summed E-state index contributed by atoms with van der Waals surface area (Å²) in [5.41, 5.74) is 4.69. The fourth-order valence-corrected chi connectivity index (χ4v) is 9.38. The Morgan fingerprint density at radius 3 is 2.60 bits per heavy atom. The molecular weight excluding hydrogens is 799 g/mol. The number of nitrogens with one attached hydrogen (secondary N) is 2. The molecule has 5 heterocycles. The largest absolute Gasteiger partial charge is 0.412 e. The number of nitrogens with zero attached hydrogens (tertiary/aromatic N) is 6. The zero-order valence-corrected chi connectivity index (χ0v) is 34.3. The average Bonchev–Trinajstić information content (AvgIpc) is 3.64. The number of hydrogen-bond donors (Lipinski definition) is 4. The Hall–Kier alpha value is -5.34. The van der Waals surface area contributed by atoms with Gasteiger partial charge in [-0.05, 0) is 93.3 Å². The van der Waals surface area contributed by atoms with Gasteiger partial charge < -0.3 is 15.3 Å². The number of thiazole rings is 1. The molecule has 0 radical (unpaired) electrons. The first kappa shape index (κ1) is 42.3. The SMILES string of the molecule is CN(C)CC[C@H](CSc1ccccc1)Cc1ncc(S(=O)(=O)NC(=O)c2cccc(N3CCc4cccc(C(=O)Nc5nc6ccncc6s5)c4C3)n2)cc1[NH2+]O.O. The molecule has 0 saturated carbocycles. The van der Waals surface area contributed by atoms with Gasteiger partial charge in [0, 0.05) is 54.0 Å². The molecule has 1 atom stereocenters. The summed E-state index contributed by atoms with van der Waals surface area (Å²) in [5, 5.41) is 13.6. The molecule has 6 aromatic rings. The van der Waals surface area contributed by atoms with Crippen LogP contribution in [0.4, 0.5) is 16.6 Å². The van der Waals surface area contributed by atoms with E-state index in [1.165, 1.54) is 29.7 Å². The van der Waals surface area contributed by atoms with E-state index < -0.39 is 15.9 Å². The smallest absolute Gasteiger partial charge is 0.283 e. The van der Waals surface area contributed by atoms with Gasteiger partial charge in [-0.1, -0.05) is 47.7 Å². The van der Waals surface area contributed by atoms with Crippen molar-refractivity contribution >= 4 is 71.8 Å². The van der Waals surface area contributed by atoms with Gasteiger partial charge in [0.2, 0.25) is 0 Å². The minimum atomic E-state index is -4.39. The molecule has 2 aromatic carbocycles. The Labute approximate surface area is 344 Å². The van der Waals surface area contributed by atoms with Crippen LogP contribution in [0.5, 0.6) is 0 Å². The van der Waals surface area contributed by atoms with E-state index in [1.807, 2.05) is 49.3 Å². The number of pyridine rings is 3. The number of carbonyl (C=O) groups excluding carboxylic acids is 2. The first-order chi connectivity index (χ1) is 27.6. The van der Waals surface area contributed by atoms with E-state index in [0.717, 1.165) is 50.4 Å². The Bertz CT molecular complexity index is 2470. The zero-order valence-electron chi connectivity index (χ0n) is 31.8. The number of benzene rings is 2. The molecule has 4 aromatic heterocycles. The lowest BCUT2D eigenvalue weighted by Crippen LogP contribution is -2.74. The molecule has 2 amide bonds. The Morgan fingerprint density at radius 2 is 1.83 bits per heavy atom. The van der Waals surface area contributed by atoms with Crippen LogP contribution in [0.2, 0.25) is 0 Å². The fourth-order valence-electron chi connectivity index (χ4n) is 6.55. The highest BCUT2D eigenvalue weighted by atomic mass is 32.2. The third-order valence-corrected chi connectivity index (χ3v) is 13.0. The second-order valence-corrected chi connectivity index (χ2v) is 17.7. The summed E-state index contributed by atoms with van der Waals surface area (Å²) in [5.74, 6) is 0.264. The molecule has 302 valence electrons. The van der Waals surface area contributed by atoms with Crippen molar-refractivity contribution in [1.82, 2.24) is 29.6 Å². The van der Waals surface area contributed by atoms with E-state index in [0.29, 0.717) is 48.1 Å². The predicted octanol–water partition coefficient (Wildman–Crippen LogP) is 4.08. The molecule has 0 fully saturated rings. The number of aromatic nitrogens is 4. The fraction of sp³-hybridized carbons (Fsp3) is 0.250. The number of nitrogens with two attached hydrogens (primary N) is 1. The van der Waals surface area contributed by atoms with Crippen LogP contribution in [-0.4, -0.2) is 88.7 Å². The number of quaternary nitrogens is 1. The monoisotopic (exact) mass is 842 g/mol. The van der Waals surface area contributed by atoms with Crippen LogP contribution in [0, 0.1) is 5.92 Å². The quantitative estimate of drug-likeness (QED) is 0.0850. The lowest BCUT2D eigenvalue weighted by molar-refractivity contribution is -0.826.